The molecule has 1 aliphatic rings. The van der Waals surface area contributed by atoms with Gasteiger partial charge in [-0.3, -0.25) is 0 Å². The SMILES string of the molecule is CC(=O)C[CH]CC1CCCO1. The van der Waals surface area contributed by atoms with Crippen LogP contribution in [-0.4, -0.2) is 18.5 Å². The molecule has 0 aromatic carbocycles. The molecule has 1 heterocycles. The van der Waals surface area contributed by atoms with Gasteiger partial charge in [0.25, 0.3) is 0 Å². The number of hydrogen-bond acceptors (Lipinski definition) is 2. The van der Waals surface area contributed by atoms with E-state index in [2.05, 4.69) is 0 Å². The van der Waals surface area contributed by atoms with E-state index in [1.54, 1.807) is 6.92 Å². The van der Waals surface area contributed by atoms with Crippen molar-refractivity contribution in [2.24, 2.45) is 0 Å². The lowest BCUT2D eigenvalue weighted by Crippen LogP contribution is -2.05. The molecule has 2 nitrogen and oxygen atoms in total. The Labute approximate surface area is 67.9 Å². The van der Waals surface area contributed by atoms with Gasteiger partial charge in [-0.15, -0.1) is 0 Å². The third-order valence-corrected chi connectivity index (χ3v) is 1.89. The van der Waals surface area contributed by atoms with Crippen LogP contribution in [0.3, 0.4) is 0 Å². The minimum Gasteiger partial charge on any atom is -0.378 e. The molecular weight excluding hydrogens is 140 g/mol. The summed E-state index contributed by atoms with van der Waals surface area (Å²) in [7, 11) is 0. The molecule has 0 spiro atoms. The molecule has 0 aromatic rings. The number of rotatable bonds is 4. The van der Waals surface area contributed by atoms with Gasteiger partial charge in [0.2, 0.25) is 0 Å². The molecule has 1 rings (SSSR count). The van der Waals surface area contributed by atoms with Crippen LogP contribution in [0, 0.1) is 6.42 Å². The van der Waals surface area contributed by atoms with Crippen molar-refractivity contribution in [3.05, 3.63) is 6.42 Å². The van der Waals surface area contributed by atoms with Gasteiger partial charge in [-0.05, 0) is 32.6 Å². The Kier molecular flexibility index (Phi) is 3.57. The minimum atomic E-state index is 0.239. The summed E-state index contributed by atoms with van der Waals surface area (Å²) in [5, 5.41) is 0. The second-order valence-corrected chi connectivity index (χ2v) is 3.07. The lowest BCUT2D eigenvalue weighted by Gasteiger charge is -2.06. The van der Waals surface area contributed by atoms with Crippen molar-refractivity contribution in [1.82, 2.24) is 0 Å². The van der Waals surface area contributed by atoms with E-state index in [0.29, 0.717) is 12.5 Å². The van der Waals surface area contributed by atoms with Crippen molar-refractivity contribution in [2.75, 3.05) is 6.61 Å². The smallest absolute Gasteiger partial charge is 0.130 e. The number of hydrogen-bond donors (Lipinski definition) is 0. The highest BCUT2D eigenvalue weighted by molar-refractivity contribution is 5.76. The maximum Gasteiger partial charge on any atom is 0.130 e. The minimum absolute atomic E-state index is 0.239. The molecule has 0 aromatic heterocycles. The molecule has 1 atom stereocenters. The molecule has 1 saturated heterocycles. The number of Topliss-reactive ketones (excluding diaryl/α,β-unsaturated/α-hetero) is 1. The van der Waals surface area contributed by atoms with Gasteiger partial charge in [0, 0.05) is 13.0 Å². The van der Waals surface area contributed by atoms with Gasteiger partial charge in [-0.25, -0.2) is 0 Å². The average molecular weight is 155 g/mol. The van der Waals surface area contributed by atoms with E-state index in [0.717, 1.165) is 19.4 Å². The molecular formula is C9H15O2. The highest BCUT2D eigenvalue weighted by Crippen LogP contribution is 2.16. The average Bonchev–Trinajstić information content (AvgIpc) is 2.39. The summed E-state index contributed by atoms with van der Waals surface area (Å²) in [5.74, 6) is 0.239. The topological polar surface area (TPSA) is 26.3 Å². The summed E-state index contributed by atoms with van der Waals surface area (Å²) in [6, 6.07) is 0. The Morgan fingerprint density at radius 2 is 2.55 bits per heavy atom. The van der Waals surface area contributed by atoms with Crippen LogP contribution in [0.5, 0.6) is 0 Å². The Morgan fingerprint density at radius 1 is 1.73 bits per heavy atom. The van der Waals surface area contributed by atoms with Crippen LogP contribution in [0.1, 0.15) is 32.6 Å². The highest BCUT2D eigenvalue weighted by Gasteiger charge is 2.14. The third-order valence-electron chi connectivity index (χ3n) is 1.89. The molecule has 0 saturated carbocycles. The first-order valence-corrected chi connectivity index (χ1v) is 4.22. The predicted octanol–water partition coefficient (Wildman–Crippen LogP) is 1.74. The number of carbonyl (C=O) groups is 1. The van der Waals surface area contributed by atoms with Crippen molar-refractivity contribution in [2.45, 2.75) is 38.7 Å². The van der Waals surface area contributed by atoms with E-state index >= 15 is 0 Å². The molecule has 63 valence electrons. The van der Waals surface area contributed by atoms with Crippen molar-refractivity contribution >= 4 is 5.78 Å². The summed E-state index contributed by atoms with van der Waals surface area (Å²) in [6.45, 7) is 2.52. The second kappa shape index (κ2) is 4.50. The fourth-order valence-electron chi connectivity index (χ4n) is 1.30. The van der Waals surface area contributed by atoms with Crippen molar-refractivity contribution in [3.8, 4) is 0 Å². The van der Waals surface area contributed by atoms with Crippen LogP contribution in [0.4, 0.5) is 0 Å². The van der Waals surface area contributed by atoms with E-state index in [4.69, 9.17) is 4.74 Å². The number of carbonyl (C=O) groups excluding carboxylic acids is 1. The number of ether oxygens (including phenoxy) is 1. The van der Waals surface area contributed by atoms with Crippen LogP contribution in [-0.2, 0) is 9.53 Å². The zero-order valence-corrected chi connectivity index (χ0v) is 7.01. The van der Waals surface area contributed by atoms with Gasteiger partial charge in [0.15, 0.2) is 0 Å². The fraction of sp³-hybridized carbons (Fsp3) is 0.778. The molecule has 1 fully saturated rings. The van der Waals surface area contributed by atoms with Crippen LogP contribution in [0.2, 0.25) is 0 Å². The summed E-state index contributed by atoms with van der Waals surface area (Å²) in [6.07, 6.45) is 6.31. The van der Waals surface area contributed by atoms with Gasteiger partial charge in [-0.1, -0.05) is 0 Å². The lowest BCUT2D eigenvalue weighted by atomic mass is 10.1. The van der Waals surface area contributed by atoms with Gasteiger partial charge >= 0.3 is 0 Å². The molecule has 0 N–H and O–H groups in total. The third kappa shape index (κ3) is 3.51. The molecule has 1 unspecified atom stereocenters. The summed E-state index contributed by atoms with van der Waals surface area (Å²) in [5.41, 5.74) is 0. The summed E-state index contributed by atoms with van der Waals surface area (Å²) < 4.78 is 5.39. The monoisotopic (exact) mass is 155 g/mol. The van der Waals surface area contributed by atoms with Crippen LogP contribution in [0.15, 0.2) is 0 Å². The van der Waals surface area contributed by atoms with E-state index in [1.165, 1.54) is 6.42 Å². The standard InChI is InChI=1S/C9H15O2/c1-8(10)4-2-5-9-6-3-7-11-9/h2,9H,3-7H2,1H3. The lowest BCUT2D eigenvalue weighted by molar-refractivity contribution is -0.116. The maximum absolute atomic E-state index is 10.5. The highest BCUT2D eigenvalue weighted by atomic mass is 16.5. The largest absolute Gasteiger partial charge is 0.378 e. The number of ketones is 1. The Morgan fingerprint density at radius 3 is 3.09 bits per heavy atom. The van der Waals surface area contributed by atoms with Crippen LogP contribution < -0.4 is 0 Å². The Balaban J connectivity index is 1.98. The van der Waals surface area contributed by atoms with E-state index in [1.807, 2.05) is 6.42 Å². The van der Waals surface area contributed by atoms with E-state index < -0.39 is 0 Å². The van der Waals surface area contributed by atoms with Gasteiger partial charge < -0.3 is 9.53 Å². The second-order valence-electron chi connectivity index (χ2n) is 3.07. The summed E-state index contributed by atoms with van der Waals surface area (Å²) in [4.78, 5) is 10.5. The molecule has 0 aliphatic carbocycles. The molecule has 0 bridgehead atoms. The normalized spacial score (nSPS) is 23.9. The van der Waals surface area contributed by atoms with Gasteiger partial charge in [-0.2, -0.15) is 0 Å². The van der Waals surface area contributed by atoms with Crippen molar-refractivity contribution in [1.29, 1.82) is 0 Å². The first-order chi connectivity index (χ1) is 5.29. The molecule has 11 heavy (non-hydrogen) atoms. The first kappa shape index (κ1) is 8.72. The zero-order valence-electron chi connectivity index (χ0n) is 7.01. The zero-order chi connectivity index (χ0) is 8.10. The van der Waals surface area contributed by atoms with Gasteiger partial charge in [0.1, 0.15) is 5.78 Å². The molecule has 2 heteroatoms. The van der Waals surface area contributed by atoms with Crippen LogP contribution >= 0.6 is 0 Å². The maximum atomic E-state index is 10.5. The summed E-state index contributed by atoms with van der Waals surface area (Å²) >= 11 is 0. The predicted molar refractivity (Wildman–Crippen MR) is 43.2 cm³/mol. The van der Waals surface area contributed by atoms with Crippen molar-refractivity contribution < 1.29 is 9.53 Å². The van der Waals surface area contributed by atoms with E-state index in [-0.39, 0.29) is 5.78 Å². The molecule has 1 radical (unpaired) electrons. The Hall–Kier alpha value is -0.370. The van der Waals surface area contributed by atoms with Gasteiger partial charge in [0.05, 0.1) is 6.10 Å². The first-order valence-electron chi connectivity index (χ1n) is 4.22. The Bertz CT molecular complexity index is 126. The van der Waals surface area contributed by atoms with E-state index in [9.17, 15) is 4.79 Å². The molecule has 1 aliphatic heterocycles. The molecule has 0 amide bonds. The van der Waals surface area contributed by atoms with Crippen LogP contribution in [0.25, 0.3) is 0 Å². The fourth-order valence-corrected chi connectivity index (χ4v) is 1.30. The van der Waals surface area contributed by atoms with Crippen molar-refractivity contribution in [3.63, 3.8) is 0 Å². The quantitative estimate of drug-likeness (QED) is 0.618.